The zero-order valence-electron chi connectivity index (χ0n) is 18.7. The molecule has 2 aliphatic rings. The molecule has 1 spiro atoms. The van der Waals surface area contributed by atoms with E-state index >= 15 is 0 Å². The van der Waals surface area contributed by atoms with Crippen LogP contribution in [0.1, 0.15) is 37.1 Å². The van der Waals surface area contributed by atoms with E-state index in [1.54, 1.807) is 13.1 Å². The van der Waals surface area contributed by atoms with Crippen molar-refractivity contribution in [1.82, 2.24) is 24.0 Å². The molecular formula is C23H26ClN5O4. The summed E-state index contributed by atoms with van der Waals surface area (Å²) in [5.41, 5.74) is 0.998. The summed E-state index contributed by atoms with van der Waals surface area (Å²) in [6.07, 6.45) is 3.47. The van der Waals surface area contributed by atoms with Crippen molar-refractivity contribution in [2.24, 2.45) is 14.1 Å². The normalized spacial score (nSPS) is 20.2. The molecule has 2 aliphatic heterocycles. The second-order valence-electron chi connectivity index (χ2n) is 9.03. The number of aryl methyl sites for hydroxylation is 1. The number of ether oxygens (including phenoxy) is 1. The molecule has 3 aromatic rings. The zero-order chi connectivity index (χ0) is 23.3. The molecule has 1 fully saturated rings. The third-order valence-corrected chi connectivity index (χ3v) is 7.07. The average molecular weight is 472 g/mol. The molecular weight excluding hydrogens is 446 g/mol. The van der Waals surface area contributed by atoms with Gasteiger partial charge in [0.15, 0.2) is 0 Å². The number of nitrogens with zero attached hydrogens (tertiary/aromatic N) is 4. The van der Waals surface area contributed by atoms with E-state index in [0.29, 0.717) is 55.2 Å². The highest BCUT2D eigenvalue weighted by Crippen LogP contribution is 2.38. The Bertz CT molecular complexity index is 1370. The Morgan fingerprint density at radius 2 is 2.03 bits per heavy atom. The van der Waals surface area contributed by atoms with Crippen molar-refractivity contribution in [3.05, 3.63) is 55.4 Å². The van der Waals surface area contributed by atoms with E-state index in [1.165, 1.54) is 11.6 Å². The number of benzene rings is 1. The van der Waals surface area contributed by atoms with Gasteiger partial charge in [0.25, 0.3) is 5.56 Å². The smallest absolute Gasteiger partial charge is 0.333 e. The van der Waals surface area contributed by atoms with Crippen molar-refractivity contribution >= 4 is 28.5 Å². The molecule has 1 atom stereocenters. The SMILES string of the molecule is Cn1c2c(c(=O)n(C)c1=O)CC1(CCCN(C(=O)CCc3nc4ccc(Cl)cc4[nH]3)CC1)O2. The molecule has 0 radical (unpaired) electrons. The van der Waals surface area contributed by atoms with Crippen LogP contribution in [0.25, 0.3) is 11.0 Å². The number of fused-ring (bicyclic) bond motifs is 2. The number of likely N-dealkylation sites (tertiary alicyclic amines) is 1. The molecule has 0 saturated carbocycles. The monoisotopic (exact) mass is 471 g/mol. The lowest BCUT2D eigenvalue weighted by atomic mass is 9.90. The fourth-order valence-corrected chi connectivity index (χ4v) is 5.14. The summed E-state index contributed by atoms with van der Waals surface area (Å²) >= 11 is 6.03. The van der Waals surface area contributed by atoms with Crippen molar-refractivity contribution in [3.63, 3.8) is 0 Å². The Morgan fingerprint density at radius 1 is 1.21 bits per heavy atom. The van der Waals surface area contributed by atoms with Crippen molar-refractivity contribution < 1.29 is 9.53 Å². The van der Waals surface area contributed by atoms with E-state index in [0.717, 1.165) is 34.3 Å². The third kappa shape index (κ3) is 3.84. The van der Waals surface area contributed by atoms with Crippen molar-refractivity contribution in [2.45, 2.75) is 44.1 Å². The second-order valence-corrected chi connectivity index (χ2v) is 9.47. The first-order chi connectivity index (χ1) is 15.8. The maximum absolute atomic E-state index is 12.9. The van der Waals surface area contributed by atoms with Crippen LogP contribution in [0.2, 0.25) is 5.02 Å². The Balaban J connectivity index is 1.25. The fraction of sp³-hybridized carbons (Fsp3) is 0.478. The average Bonchev–Trinajstić information content (AvgIpc) is 3.31. The molecule has 0 aliphatic carbocycles. The zero-order valence-corrected chi connectivity index (χ0v) is 19.4. The van der Waals surface area contributed by atoms with Crippen LogP contribution in [0.3, 0.4) is 0 Å². The lowest BCUT2D eigenvalue weighted by Crippen LogP contribution is -2.38. The quantitative estimate of drug-likeness (QED) is 0.629. The number of hydrogen-bond acceptors (Lipinski definition) is 5. The minimum absolute atomic E-state index is 0.0735. The fourth-order valence-electron chi connectivity index (χ4n) is 4.97. The number of imidazole rings is 1. The summed E-state index contributed by atoms with van der Waals surface area (Å²) in [4.78, 5) is 47.5. The van der Waals surface area contributed by atoms with Gasteiger partial charge in [-0.1, -0.05) is 11.6 Å². The van der Waals surface area contributed by atoms with Gasteiger partial charge in [-0.25, -0.2) is 9.78 Å². The lowest BCUT2D eigenvalue weighted by Gasteiger charge is -2.27. The lowest BCUT2D eigenvalue weighted by molar-refractivity contribution is -0.131. The first-order valence-electron chi connectivity index (χ1n) is 11.2. The van der Waals surface area contributed by atoms with Crippen molar-refractivity contribution in [2.75, 3.05) is 13.1 Å². The highest BCUT2D eigenvalue weighted by molar-refractivity contribution is 6.31. The summed E-state index contributed by atoms with van der Waals surface area (Å²) in [7, 11) is 3.11. The number of aromatic amines is 1. The predicted octanol–water partition coefficient (Wildman–Crippen LogP) is 1.93. The van der Waals surface area contributed by atoms with Crippen LogP contribution in [0.15, 0.2) is 27.8 Å². The van der Waals surface area contributed by atoms with Gasteiger partial charge in [-0.05, 0) is 31.0 Å². The number of hydrogen-bond donors (Lipinski definition) is 1. The molecule has 1 aromatic carbocycles. The van der Waals surface area contributed by atoms with E-state index in [1.807, 2.05) is 17.0 Å². The van der Waals surface area contributed by atoms with E-state index in [9.17, 15) is 14.4 Å². The van der Waals surface area contributed by atoms with Crippen molar-refractivity contribution in [1.29, 1.82) is 0 Å². The topological polar surface area (TPSA) is 102 Å². The molecule has 9 nitrogen and oxygen atoms in total. The minimum atomic E-state index is -0.549. The van der Waals surface area contributed by atoms with Gasteiger partial charge < -0.3 is 14.6 Å². The molecule has 10 heteroatoms. The van der Waals surface area contributed by atoms with Gasteiger partial charge in [0.2, 0.25) is 11.8 Å². The van der Waals surface area contributed by atoms with Crippen LogP contribution in [0, 0.1) is 0 Å². The molecule has 0 bridgehead atoms. The van der Waals surface area contributed by atoms with Gasteiger partial charge >= 0.3 is 5.69 Å². The maximum Gasteiger partial charge on any atom is 0.333 e. The molecule has 174 valence electrons. The van der Waals surface area contributed by atoms with Crippen LogP contribution in [-0.2, 0) is 31.7 Å². The number of rotatable bonds is 3. The summed E-state index contributed by atoms with van der Waals surface area (Å²) < 4.78 is 8.78. The largest absolute Gasteiger partial charge is 0.471 e. The van der Waals surface area contributed by atoms with E-state index in [-0.39, 0.29) is 11.5 Å². The summed E-state index contributed by atoms with van der Waals surface area (Å²) in [6.45, 7) is 1.20. The molecule has 1 N–H and O–H groups in total. The summed E-state index contributed by atoms with van der Waals surface area (Å²) in [5, 5.41) is 0.640. The van der Waals surface area contributed by atoms with Gasteiger partial charge in [0, 0.05) is 57.9 Å². The molecule has 5 rings (SSSR count). The summed E-state index contributed by atoms with van der Waals surface area (Å²) in [6, 6.07) is 5.48. The number of carbonyl (C=O) groups excluding carboxylic acids is 1. The van der Waals surface area contributed by atoms with Crippen LogP contribution in [-0.4, -0.2) is 48.6 Å². The van der Waals surface area contributed by atoms with Gasteiger partial charge in [-0.15, -0.1) is 0 Å². The molecule has 1 amide bonds. The molecule has 33 heavy (non-hydrogen) atoms. The number of carbonyl (C=O) groups is 1. The standard InChI is InChI=1S/C23H26ClN5O4/c1-27-20(31)15-13-23(33-21(15)28(2)22(27)32)8-3-10-29(11-9-23)19(30)7-6-18-25-16-5-4-14(24)12-17(16)26-18/h4-5,12H,3,6-11,13H2,1-2H3,(H,25,26). The van der Waals surface area contributed by atoms with E-state index < -0.39 is 11.3 Å². The molecule has 2 aromatic heterocycles. The van der Waals surface area contributed by atoms with Gasteiger partial charge in [-0.2, -0.15) is 0 Å². The Labute approximate surface area is 194 Å². The Morgan fingerprint density at radius 3 is 2.85 bits per heavy atom. The minimum Gasteiger partial charge on any atom is -0.471 e. The number of nitrogens with one attached hydrogen (secondary N) is 1. The molecule has 1 unspecified atom stereocenters. The van der Waals surface area contributed by atoms with Crippen LogP contribution >= 0.6 is 11.6 Å². The number of H-pyrrole nitrogens is 1. The highest BCUT2D eigenvalue weighted by atomic mass is 35.5. The Hall–Kier alpha value is -3.07. The first-order valence-corrected chi connectivity index (χ1v) is 11.5. The van der Waals surface area contributed by atoms with E-state index in [4.69, 9.17) is 16.3 Å². The third-order valence-electron chi connectivity index (χ3n) is 6.83. The Kier molecular flexibility index (Phi) is 5.31. The van der Waals surface area contributed by atoms with Crippen LogP contribution in [0.4, 0.5) is 0 Å². The van der Waals surface area contributed by atoms with E-state index in [2.05, 4.69) is 9.97 Å². The van der Waals surface area contributed by atoms with Crippen LogP contribution < -0.4 is 16.0 Å². The molecule has 4 heterocycles. The number of amides is 1. The van der Waals surface area contributed by atoms with Crippen LogP contribution in [0.5, 0.6) is 5.88 Å². The van der Waals surface area contributed by atoms with Crippen molar-refractivity contribution in [3.8, 4) is 5.88 Å². The number of halogens is 1. The second kappa shape index (κ2) is 8.06. The van der Waals surface area contributed by atoms with Gasteiger partial charge in [0.05, 0.1) is 16.6 Å². The highest BCUT2D eigenvalue weighted by Gasteiger charge is 2.44. The van der Waals surface area contributed by atoms with Gasteiger partial charge in [0.1, 0.15) is 11.4 Å². The molecule has 1 saturated heterocycles. The van der Waals surface area contributed by atoms with Gasteiger partial charge in [-0.3, -0.25) is 18.7 Å². The first kappa shape index (κ1) is 21.8. The predicted molar refractivity (Wildman–Crippen MR) is 124 cm³/mol. The number of aromatic nitrogens is 4. The summed E-state index contributed by atoms with van der Waals surface area (Å²) in [5.74, 6) is 1.20. The maximum atomic E-state index is 12.9.